The summed E-state index contributed by atoms with van der Waals surface area (Å²) in [5.41, 5.74) is 5.32. The summed E-state index contributed by atoms with van der Waals surface area (Å²) in [6.07, 6.45) is 0. The highest BCUT2D eigenvalue weighted by molar-refractivity contribution is 7.80. The zero-order chi connectivity index (χ0) is 19.8. The molecule has 140 valence electrons. The second-order valence-corrected chi connectivity index (χ2v) is 5.73. The van der Waals surface area contributed by atoms with Gasteiger partial charge >= 0.3 is 0 Å². The van der Waals surface area contributed by atoms with E-state index in [1.807, 2.05) is 19.1 Å². The lowest BCUT2D eigenvalue weighted by Crippen LogP contribution is -2.49. The third-order valence-electron chi connectivity index (χ3n) is 3.31. The lowest BCUT2D eigenvalue weighted by Gasteiger charge is -2.12. The summed E-state index contributed by atoms with van der Waals surface area (Å²) in [5, 5.41) is 12.9. The molecule has 2 rings (SSSR count). The zero-order valence-electron chi connectivity index (χ0n) is 14.2. The van der Waals surface area contributed by atoms with Crippen LogP contribution >= 0.6 is 12.2 Å². The minimum atomic E-state index is -0.647. The van der Waals surface area contributed by atoms with Gasteiger partial charge in [-0.1, -0.05) is 24.3 Å². The Morgan fingerprint density at radius 1 is 1.15 bits per heavy atom. The molecule has 2 aromatic rings. The molecule has 0 saturated carbocycles. The molecule has 0 fully saturated rings. The Hall–Kier alpha value is -3.53. The highest BCUT2D eigenvalue weighted by Gasteiger charge is 2.12. The van der Waals surface area contributed by atoms with Gasteiger partial charge in [0.05, 0.1) is 4.92 Å². The first kappa shape index (κ1) is 19.8. The number of nitrogens with one attached hydrogen (secondary N) is 3. The van der Waals surface area contributed by atoms with Gasteiger partial charge in [-0.2, -0.15) is 0 Å². The fourth-order valence-corrected chi connectivity index (χ4v) is 2.17. The van der Waals surface area contributed by atoms with Gasteiger partial charge in [0.25, 0.3) is 17.5 Å². The Morgan fingerprint density at radius 3 is 2.59 bits per heavy atom. The number of non-ortho nitro benzene ring substituents is 1. The summed E-state index contributed by atoms with van der Waals surface area (Å²) >= 11 is 4.90. The first-order valence-corrected chi connectivity index (χ1v) is 8.10. The van der Waals surface area contributed by atoms with E-state index in [0.717, 1.165) is 11.6 Å². The summed E-state index contributed by atoms with van der Waals surface area (Å²) in [4.78, 5) is 33.9. The predicted molar refractivity (Wildman–Crippen MR) is 101 cm³/mol. The largest absolute Gasteiger partial charge is 0.483 e. The normalized spacial score (nSPS) is 9.81. The SMILES string of the molecule is Cc1ccccc1OCC(=O)NC(=S)NNC(=O)c1cccc([N+](=O)[O-])c1. The van der Waals surface area contributed by atoms with Crippen molar-refractivity contribution in [2.45, 2.75) is 6.92 Å². The van der Waals surface area contributed by atoms with Gasteiger partial charge in [0.1, 0.15) is 5.75 Å². The molecule has 0 aliphatic carbocycles. The van der Waals surface area contributed by atoms with E-state index >= 15 is 0 Å². The van der Waals surface area contributed by atoms with Crippen molar-refractivity contribution in [3.8, 4) is 5.75 Å². The van der Waals surface area contributed by atoms with Crippen LogP contribution in [0.2, 0.25) is 0 Å². The number of rotatable bonds is 5. The molecule has 10 heteroatoms. The fourth-order valence-electron chi connectivity index (χ4n) is 2.00. The molecule has 0 saturated heterocycles. The Morgan fingerprint density at radius 2 is 1.89 bits per heavy atom. The van der Waals surface area contributed by atoms with Crippen LogP contribution in [0.5, 0.6) is 5.75 Å². The molecule has 9 nitrogen and oxygen atoms in total. The number of hydrogen-bond acceptors (Lipinski definition) is 6. The Labute approximate surface area is 159 Å². The first-order valence-electron chi connectivity index (χ1n) is 7.70. The van der Waals surface area contributed by atoms with Crippen molar-refractivity contribution in [3.63, 3.8) is 0 Å². The number of hydrazine groups is 1. The number of thiocarbonyl (C=S) groups is 1. The van der Waals surface area contributed by atoms with Crippen LogP contribution in [0.3, 0.4) is 0 Å². The van der Waals surface area contributed by atoms with Crippen molar-refractivity contribution in [2.75, 3.05) is 6.61 Å². The number of nitrogens with zero attached hydrogens (tertiary/aromatic N) is 1. The lowest BCUT2D eigenvalue weighted by atomic mass is 10.2. The summed E-state index contributed by atoms with van der Waals surface area (Å²) in [6.45, 7) is 1.59. The van der Waals surface area contributed by atoms with Gasteiger partial charge in [-0.3, -0.25) is 35.9 Å². The minimum Gasteiger partial charge on any atom is -0.483 e. The summed E-state index contributed by atoms with van der Waals surface area (Å²) < 4.78 is 5.38. The molecular formula is C17H16N4O5S. The minimum absolute atomic E-state index is 0.0636. The average molecular weight is 388 g/mol. The average Bonchev–Trinajstić information content (AvgIpc) is 2.65. The molecule has 0 atom stereocenters. The number of nitro benzene ring substituents is 1. The maximum atomic E-state index is 12.0. The molecule has 27 heavy (non-hydrogen) atoms. The van der Waals surface area contributed by atoms with Crippen LogP contribution in [0.15, 0.2) is 48.5 Å². The van der Waals surface area contributed by atoms with E-state index in [2.05, 4.69) is 16.2 Å². The van der Waals surface area contributed by atoms with Crippen LogP contribution in [-0.4, -0.2) is 28.5 Å². The molecule has 3 N–H and O–H groups in total. The topological polar surface area (TPSA) is 123 Å². The van der Waals surface area contributed by atoms with Gasteiger partial charge in [-0.15, -0.1) is 0 Å². The highest BCUT2D eigenvalue weighted by atomic mass is 32.1. The third-order valence-corrected chi connectivity index (χ3v) is 3.52. The molecule has 0 aliphatic rings. The van der Waals surface area contributed by atoms with E-state index < -0.39 is 16.7 Å². The fraction of sp³-hybridized carbons (Fsp3) is 0.118. The van der Waals surface area contributed by atoms with Gasteiger partial charge in [-0.05, 0) is 36.8 Å². The number of para-hydroxylation sites is 1. The molecule has 0 bridgehead atoms. The molecule has 2 amide bonds. The monoisotopic (exact) mass is 388 g/mol. The number of ether oxygens (including phenoxy) is 1. The third kappa shape index (κ3) is 6.04. The molecule has 0 unspecified atom stereocenters. The van der Waals surface area contributed by atoms with E-state index in [9.17, 15) is 19.7 Å². The van der Waals surface area contributed by atoms with Crippen LogP contribution in [0.25, 0.3) is 0 Å². The number of benzene rings is 2. The maximum Gasteiger partial charge on any atom is 0.270 e. The second-order valence-electron chi connectivity index (χ2n) is 5.32. The number of carbonyl (C=O) groups is 2. The lowest BCUT2D eigenvalue weighted by molar-refractivity contribution is -0.384. The molecular weight excluding hydrogens is 372 g/mol. The Balaban J connectivity index is 1.79. The molecule has 2 aromatic carbocycles. The summed E-state index contributed by atoms with van der Waals surface area (Å²) in [5.74, 6) is -0.586. The molecule has 0 spiro atoms. The van der Waals surface area contributed by atoms with E-state index in [-0.39, 0.29) is 23.0 Å². The van der Waals surface area contributed by atoms with E-state index in [0.29, 0.717) is 5.75 Å². The standard InChI is InChI=1S/C17H16N4O5S/c1-11-5-2-3-8-14(11)26-10-15(22)18-17(27)20-19-16(23)12-6-4-7-13(9-12)21(24)25/h2-9H,10H2,1H3,(H,19,23)(H2,18,20,22,27). The molecule has 0 aromatic heterocycles. The van der Waals surface area contributed by atoms with Crippen LogP contribution in [-0.2, 0) is 4.79 Å². The highest BCUT2D eigenvalue weighted by Crippen LogP contribution is 2.15. The first-order chi connectivity index (χ1) is 12.9. The molecule has 0 radical (unpaired) electrons. The van der Waals surface area contributed by atoms with Gasteiger partial charge in [0.2, 0.25) is 0 Å². The van der Waals surface area contributed by atoms with Crippen LogP contribution in [0.4, 0.5) is 5.69 Å². The van der Waals surface area contributed by atoms with Crippen molar-refractivity contribution < 1.29 is 19.2 Å². The van der Waals surface area contributed by atoms with E-state index in [4.69, 9.17) is 17.0 Å². The number of amides is 2. The quantitative estimate of drug-likeness (QED) is 0.404. The van der Waals surface area contributed by atoms with Gasteiger partial charge in [-0.25, -0.2) is 0 Å². The van der Waals surface area contributed by atoms with Crippen molar-refractivity contribution >= 4 is 34.8 Å². The number of aryl methyl sites for hydroxylation is 1. The smallest absolute Gasteiger partial charge is 0.270 e. The van der Waals surface area contributed by atoms with E-state index in [1.165, 1.54) is 18.2 Å². The predicted octanol–water partition coefficient (Wildman–Crippen LogP) is 1.62. The number of carbonyl (C=O) groups excluding carboxylic acids is 2. The molecule has 0 aliphatic heterocycles. The van der Waals surface area contributed by atoms with Crippen LogP contribution < -0.4 is 20.9 Å². The van der Waals surface area contributed by atoms with Crippen LogP contribution in [0, 0.1) is 17.0 Å². The number of nitro groups is 1. The zero-order valence-corrected chi connectivity index (χ0v) is 15.0. The summed E-state index contributed by atoms with van der Waals surface area (Å²) in [6, 6.07) is 12.4. The number of hydrogen-bond donors (Lipinski definition) is 3. The van der Waals surface area contributed by atoms with Gasteiger partial charge < -0.3 is 4.74 Å². The van der Waals surface area contributed by atoms with Crippen molar-refractivity contribution in [1.29, 1.82) is 0 Å². The van der Waals surface area contributed by atoms with Gasteiger partial charge in [0.15, 0.2) is 11.7 Å². The van der Waals surface area contributed by atoms with Crippen molar-refractivity contribution in [1.82, 2.24) is 16.2 Å². The van der Waals surface area contributed by atoms with Crippen LogP contribution in [0.1, 0.15) is 15.9 Å². The van der Waals surface area contributed by atoms with Gasteiger partial charge in [0, 0.05) is 17.7 Å². The second kappa shape index (κ2) is 9.25. The van der Waals surface area contributed by atoms with Crippen molar-refractivity contribution in [2.24, 2.45) is 0 Å². The molecule has 0 heterocycles. The summed E-state index contributed by atoms with van der Waals surface area (Å²) in [7, 11) is 0. The van der Waals surface area contributed by atoms with E-state index in [1.54, 1.807) is 12.1 Å². The maximum absolute atomic E-state index is 12.0. The van der Waals surface area contributed by atoms with Crippen molar-refractivity contribution in [3.05, 3.63) is 69.8 Å². The Bertz CT molecular complexity index is 887. The Kier molecular flexibility index (Phi) is 6.78.